The molecule has 0 spiro atoms. The van der Waals surface area contributed by atoms with Crippen molar-refractivity contribution in [3.8, 4) is 0 Å². The lowest BCUT2D eigenvalue weighted by Crippen LogP contribution is -2.46. The van der Waals surface area contributed by atoms with Gasteiger partial charge in [-0.05, 0) is 77.2 Å². The van der Waals surface area contributed by atoms with Crippen LogP contribution in [0.25, 0.3) is 0 Å². The number of hydrogen-bond donors (Lipinski definition) is 1. The Balaban J connectivity index is 2.41. The molecular weight excluding hydrogens is 394 g/mol. The van der Waals surface area contributed by atoms with Gasteiger partial charge in [-0.15, -0.1) is 0 Å². The number of carbonyl (C=O) groups is 2. The van der Waals surface area contributed by atoms with Gasteiger partial charge in [-0.2, -0.15) is 0 Å². The molecule has 0 aromatic carbocycles. The predicted octanol–water partition coefficient (Wildman–Crippen LogP) is 5.04. The average molecular weight is 436 g/mol. The van der Waals surface area contributed by atoms with E-state index in [1.807, 2.05) is 20.8 Å². The van der Waals surface area contributed by atoms with Gasteiger partial charge in [0.25, 0.3) is 5.91 Å². The third-order valence-electron chi connectivity index (χ3n) is 6.84. The van der Waals surface area contributed by atoms with Gasteiger partial charge in [-0.25, -0.2) is 4.99 Å². The van der Waals surface area contributed by atoms with Gasteiger partial charge in [0.05, 0.1) is 5.41 Å². The second-order valence-electron chi connectivity index (χ2n) is 10.9. The molecule has 0 saturated heterocycles. The fourth-order valence-corrected chi connectivity index (χ4v) is 5.31. The number of nitrogens with one attached hydrogen (secondary N) is 1. The van der Waals surface area contributed by atoms with Crippen LogP contribution in [0.4, 0.5) is 0 Å². The van der Waals surface area contributed by atoms with Crippen LogP contribution in [0.2, 0.25) is 0 Å². The van der Waals surface area contributed by atoms with Crippen LogP contribution in [0.3, 0.4) is 0 Å². The van der Waals surface area contributed by atoms with Gasteiger partial charge in [0.15, 0.2) is 0 Å². The van der Waals surface area contributed by atoms with Gasteiger partial charge in [0, 0.05) is 29.3 Å². The minimum atomic E-state index is -0.648. The summed E-state index contributed by atoms with van der Waals surface area (Å²) < 4.78 is 3.03. The van der Waals surface area contributed by atoms with E-state index < -0.39 is 10.8 Å². The van der Waals surface area contributed by atoms with Crippen LogP contribution in [-0.4, -0.2) is 21.8 Å². The van der Waals surface area contributed by atoms with Crippen molar-refractivity contribution in [1.29, 1.82) is 0 Å². The van der Waals surface area contributed by atoms with Gasteiger partial charge in [0.1, 0.15) is 4.67 Å². The number of nitrogens with zero attached hydrogens (tertiary/aromatic N) is 2. The van der Waals surface area contributed by atoms with Crippen molar-refractivity contribution in [3.63, 3.8) is 0 Å². The summed E-state index contributed by atoms with van der Waals surface area (Å²) in [6.07, 6.45) is 6.69. The van der Waals surface area contributed by atoms with Crippen LogP contribution >= 0.6 is 11.5 Å². The predicted molar refractivity (Wildman–Crippen MR) is 124 cm³/mol. The van der Waals surface area contributed by atoms with Crippen LogP contribution < -0.4 is 9.99 Å². The number of carbonyl (C=O) groups excluding carboxylic acids is 2. The van der Waals surface area contributed by atoms with E-state index in [2.05, 4.69) is 62.0 Å². The second-order valence-corrected chi connectivity index (χ2v) is 11.8. The van der Waals surface area contributed by atoms with Crippen LogP contribution in [0.5, 0.6) is 0 Å². The number of aryl methyl sites for hydroxylation is 1. The number of hydrogen-bond acceptors (Lipinski definition) is 3. The Bertz CT molecular complexity index is 841. The molecule has 1 N–H and O–H groups in total. The summed E-state index contributed by atoms with van der Waals surface area (Å²) in [5, 5.41) is 3.04. The Hall–Kier alpha value is -1.43. The van der Waals surface area contributed by atoms with Crippen LogP contribution in [0, 0.1) is 16.7 Å². The zero-order valence-electron chi connectivity index (χ0n) is 20.4. The summed E-state index contributed by atoms with van der Waals surface area (Å²) in [5.74, 6) is -0.212. The topological polar surface area (TPSA) is 63.5 Å². The third-order valence-corrected chi connectivity index (χ3v) is 8.22. The van der Waals surface area contributed by atoms with Crippen molar-refractivity contribution in [2.75, 3.05) is 0 Å². The van der Waals surface area contributed by atoms with E-state index in [9.17, 15) is 9.59 Å². The maximum absolute atomic E-state index is 13.5. The molecule has 1 aliphatic rings. The van der Waals surface area contributed by atoms with Gasteiger partial charge < -0.3 is 5.32 Å². The van der Waals surface area contributed by atoms with Gasteiger partial charge in [0.2, 0.25) is 5.91 Å². The SMILES string of the molecule is CCCCc1cn(C(C)(C)C)s/c1=N\C(=O)C1(C)CCC(C(=O)NC(C)C)C1(C)C. The molecule has 6 heteroatoms. The zero-order chi connectivity index (χ0) is 22.9. The lowest BCUT2D eigenvalue weighted by Gasteiger charge is -2.38. The minimum Gasteiger partial charge on any atom is -0.354 e. The quantitative estimate of drug-likeness (QED) is 0.680. The highest BCUT2D eigenvalue weighted by Gasteiger charge is 2.58. The van der Waals surface area contributed by atoms with Crippen molar-refractivity contribution in [2.45, 2.75) is 106 Å². The Labute approximate surface area is 186 Å². The molecule has 0 radical (unpaired) electrons. The zero-order valence-corrected chi connectivity index (χ0v) is 21.2. The lowest BCUT2D eigenvalue weighted by atomic mass is 9.65. The molecule has 1 fully saturated rings. The fraction of sp³-hybridized carbons (Fsp3) is 0.792. The van der Waals surface area contributed by atoms with E-state index in [0.717, 1.165) is 35.9 Å². The third kappa shape index (κ3) is 4.90. The molecule has 0 aliphatic heterocycles. The smallest absolute Gasteiger partial charge is 0.253 e. The van der Waals surface area contributed by atoms with Crippen molar-refractivity contribution in [1.82, 2.24) is 9.27 Å². The lowest BCUT2D eigenvalue weighted by molar-refractivity contribution is -0.136. The van der Waals surface area contributed by atoms with Gasteiger partial charge >= 0.3 is 0 Å². The number of aromatic nitrogens is 1. The summed E-state index contributed by atoms with van der Waals surface area (Å²) in [7, 11) is 0. The molecule has 1 saturated carbocycles. The van der Waals surface area contributed by atoms with Crippen LogP contribution in [-0.2, 0) is 21.5 Å². The Morgan fingerprint density at radius 3 is 2.47 bits per heavy atom. The van der Waals surface area contributed by atoms with Crippen molar-refractivity contribution in [3.05, 3.63) is 16.4 Å². The minimum absolute atomic E-state index is 0.0426. The highest BCUT2D eigenvalue weighted by atomic mass is 32.1. The summed E-state index contributed by atoms with van der Waals surface area (Å²) >= 11 is 1.57. The first-order valence-electron chi connectivity index (χ1n) is 11.4. The molecule has 1 aliphatic carbocycles. The van der Waals surface area contributed by atoms with Crippen molar-refractivity contribution < 1.29 is 9.59 Å². The fourth-order valence-electron chi connectivity index (χ4n) is 4.28. The molecule has 170 valence electrons. The highest BCUT2D eigenvalue weighted by Crippen LogP contribution is 2.56. The maximum atomic E-state index is 13.5. The first kappa shape index (κ1) is 24.8. The van der Waals surface area contributed by atoms with Crippen LogP contribution in [0.15, 0.2) is 11.2 Å². The van der Waals surface area contributed by atoms with E-state index >= 15 is 0 Å². The largest absolute Gasteiger partial charge is 0.354 e. The molecule has 1 aromatic heterocycles. The first-order valence-corrected chi connectivity index (χ1v) is 12.1. The van der Waals surface area contributed by atoms with E-state index in [-0.39, 0.29) is 29.3 Å². The average Bonchev–Trinajstić information content (AvgIpc) is 3.11. The van der Waals surface area contributed by atoms with E-state index in [1.54, 1.807) is 11.5 Å². The standard InChI is InChI=1S/C24H41N3O2S/c1-10-11-12-17-15-27(22(4,5)6)30-20(17)26-21(29)24(9)14-13-18(23(24,7)8)19(28)25-16(2)3/h15-16,18H,10-14H2,1-9H3,(H,25,28)/b26-20-. The number of amides is 2. The molecular formula is C24H41N3O2S. The van der Waals surface area contributed by atoms with E-state index in [0.29, 0.717) is 6.42 Å². The molecule has 2 amide bonds. The second kappa shape index (κ2) is 8.97. The molecule has 5 nitrogen and oxygen atoms in total. The van der Waals surface area contributed by atoms with E-state index in [1.165, 1.54) is 0 Å². The molecule has 2 atom stereocenters. The van der Waals surface area contributed by atoms with Gasteiger partial charge in [-0.3, -0.25) is 13.5 Å². The summed E-state index contributed by atoms with van der Waals surface area (Å²) in [4.78, 5) is 31.0. The summed E-state index contributed by atoms with van der Waals surface area (Å²) in [6.45, 7) is 18.7. The maximum Gasteiger partial charge on any atom is 0.253 e. The Kier molecular flexibility index (Phi) is 7.43. The molecule has 30 heavy (non-hydrogen) atoms. The van der Waals surface area contributed by atoms with Crippen molar-refractivity contribution in [2.24, 2.45) is 21.7 Å². The Morgan fingerprint density at radius 1 is 1.30 bits per heavy atom. The van der Waals surface area contributed by atoms with Crippen LogP contribution in [0.1, 0.15) is 93.6 Å². The van der Waals surface area contributed by atoms with Crippen molar-refractivity contribution >= 4 is 23.3 Å². The Morgan fingerprint density at radius 2 is 1.93 bits per heavy atom. The molecule has 1 aromatic rings. The number of rotatable bonds is 6. The molecule has 0 bridgehead atoms. The highest BCUT2D eigenvalue weighted by molar-refractivity contribution is 7.04. The normalized spacial score (nSPS) is 24.5. The summed E-state index contributed by atoms with van der Waals surface area (Å²) in [6, 6.07) is 0.0978. The molecule has 2 rings (SSSR count). The first-order chi connectivity index (χ1) is 13.7. The summed E-state index contributed by atoms with van der Waals surface area (Å²) in [5.41, 5.74) is 0.00962. The molecule has 2 unspecified atom stereocenters. The molecule has 1 heterocycles. The van der Waals surface area contributed by atoms with Gasteiger partial charge in [-0.1, -0.05) is 34.1 Å². The monoisotopic (exact) mass is 435 g/mol. The number of unbranched alkanes of at least 4 members (excludes halogenated alkanes) is 1. The van der Waals surface area contributed by atoms with E-state index in [4.69, 9.17) is 0 Å².